The van der Waals surface area contributed by atoms with Crippen LogP contribution in [0, 0.1) is 0 Å². The van der Waals surface area contributed by atoms with E-state index in [4.69, 9.17) is 33.7 Å². The molecular formula is C19H11Cl2N3O. The van der Waals surface area contributed by atoms with Gasteiger partial charge in [0.15, 0.2) is 11.6 Å². The summed E-state index contributed by atoms with van der Waals surface area (Å²) in [5, 5.41) is 1.92. The summed E-state index contributed by atoms with van der Waals surface area (Å²) < 4.78 is 5.93. The van der Waals surface area contributed by atoms with Gasteiger partial charge in [-0.05, 0) is 23.8 Å². The third kappa shape index (κ3) is 2.08. The number of benzene rings is 2. The van der Waals surface area contributed by atoms with Crippen molar-refractivity contribution in [2.24, 2.45) is 10.7 Å². The van der Waals surface area contributed by atoms with E-state index < -0.39 is 0 Å². The molecule has 0 saturated heterocycles. The summed E-state index contributed by atoms with van der Waals surface area (Å²) in [7, 11) is 0. The number of pyridine rings is 1. The lowest BCUT2D eigenvalue weighted by atomic mass is 9.80. The highest BCUT2D eigenvalue weighted by Crippen LogP contribution is 2.50. The van der Waals surface area contributed by atoms with E-state index in [0.717, 1.165) is 27.7 Å². The van der Waals surface area contributed by atoms with Gasteiger partial charge in [0, 0.05) is 28.1 Å². The number of aliphatic imine (C=N–C) groups is 1. The Morgan fingerprint density at radius 3 is 2.76 bits per heavy atom. The molecule has 0 aliphatic carbocycles. The first kappa shape index (κ1) is 14.8. The number of ether oxygens (including phenoxy) is 1. The monoisotopic (exact) mass is 367 g/mol. The van der Waals surface area contributed by atoms with Crippen LogP contribution in [0.4, 0.5) is 5.69 Å². The second-order valence-electron chi connectivity index (χ2n) is 5.98. The lowest BCUT2D eigenvalue weighted by molar-refractivity contribution is 0.398. The first-order chi connectivity index (χ1) is 12.1. The van der Waals surface area contributed by atoms with Crippen molar-refractivity contribution in [3.63, 3.8) is 0 Å². The van der Waals surface area contributed by atoms with E-state index in [1.165, 1.54) is 0 Å². The lowest BCUT2D eigenvalue weighted by Crippen LogP contribution is -2.26. The molecule has 3 heterocycles. The zero-order valence-electron chi connectivity index (χ0n) is 12.8. The number of aromatic nitrogens is 1. The SMILES string of the molecule is NC1=C2C(Cl)=Nc3cc(Cl)ccc3C2c2ccc3cccnc3c2O1. The molecule has 25 heavy (non-hydrogen) atoms. The number of fused-ring (bicyclic) bond motifs is 7. The number of nitrogens with zero attached hydrogens (tertiary/aromatic N) is 2. The predicted octanol–water partition coefficient (Wildman–Crippen LogP) is 4.87. The molecule has 0 amide bonds. The summed E-state index contributed by atoms with van der Waals surface area (Å²) in [5.74, 6) is 0.758. The van der Waals surface area contributed by atoms with Crippen molar-refractivity contribution in [3.05, 3.63) is 76.3 Å². The first-order valence-corrected chi connectivity index (χ1v) is 8.48. The second-order valence-corrected chi connectivity index (χ2v) is 6.77. The van der Waals surface area contributed by atoms with Crippen LogP contribution in [0.5, 0.6) is 5.75 Å². The molecule has 2 aliphatic heterocycles. The highest BCUT2D eigenvalue weighted by molar-refractivity contribution is 6.70. The van der Waals surface area contributed by atoms with E-state index in [0.29, 0.717) is 21.5 Å². The molecule has 122 valence electrons. The van der Waals surface area contributed by atoms with Crippen LogP contribution in [-0.4, -0.2) is 10.2 Å². The molecule has 2 N–H and O–H groups in total. The molecule has 0 fully saturated rings. The van der Waals surface area contributed by atoms with Crippen molar-refractivity contribution >= 4 is 45.0 Å². The Morgan fingerprint density at radius 1 is 1.04 bits per heavy atom. The zero-order valence-corrected chi connectivity index (χ0v) is 14.3. The van der Waals surface area contributed by atoms with E-state index >= 15 is 0 Å². The molecule has 5 rings (SSSR count). The van der Waals surface area contributed by atoms with Crippen molar-refractivity contribution in [3.8, 4) is 5.75 Å². The maximum absolute atomic E-state index is 6.42. The molecule has 4 nitrogen and oxygen atoms in total. The van der Waals surface area contributed by atoms with Gasteiger partial charge in [-0.1, -0.05) is 47.5 Å². The highest BCUT2D eigenvalue weighted by atomic mass is 35.5. The normalized spacial score (nSPS) is 18.2. The van der Waals surface area contributed by atoms with Crippen LogP contribution >= 0.6 is 23.2 Å². The fourth-order valence-corrected chi connectivity index (χ4v) is 3.96. The van der Waals surface area contributed by atoms with Gasteiger partial charge in [-0.3, -0.25) is 4.98 Å². The van der Waals surface area contributed by atoms with Crippen molar-refractivity contribution in [1.82, 2.24) is 4.98 Å². The van der Waals surface area contributed by atoms with E-state index in [1.54, 1.807) is 12.3 Å². The molecule has 0 radical (unpaired) electrons. The molecule has 0 spiro atoms. The Labute approximate surface area is 153 Å². The Kier molecular flexibility index (Phi) is 3.08. The number of halogens is 2. The molecule has 3 aromatic rings. The predicted molar refractivity (Wildman–Crippen MR) is 99.8 cm³/mol. The molecule has 1 aromatic heterocycles. The van der Waals surface area contributed by atoms with Gasteiger partial charge in [0.1, 0.15) is 10.7 Å². The summed E-state index contributed by atoms with van der Waals surface area (Å²) in [6, 6.07) is 13.6. The molecule has 0 bridgehead atoms. The summed E-state index contributed by atoms with van der Waals surface area (Å²) in [4.78, 5) is 8.91. The average molecular weight is 368 g/mol. The Hall–Kier alpha value is -2.56. The van der Waals surface area contributed by atoms with E-state index in [9.17, 15) is 0 Å². The average Bonchev–Trinajstić information content (AvgIpc) is 2.61. The molecule has 0 saturated carbocycles. The van der Waals surface area contributed by atoms with Crippen LogP contribution < -0.4 is 10.5 Å². The Morgan fingerprint density at radius 2 is 1.88 bits per heavy atom. The lowest BCUT2D eigenvalue weighted by Gasteiger charge is -2.32. The van der Waals surface area contributed by atoms with E-state index in [-0.39, 0.29) is 11.8 Å². The van der Waals surface area contributed by atoms with Crippen molar-refractivity contribution in [1.29, 1.82) is 0 Å². The molecular weight excluding hydrogens is 357 g/mol. The van der Waals surface area contributed by atoms with Crippen LogP contribution in [0.3, 0.4) is 0 Å². The van der Waals surface area contributed by atoms with Gasteiger partial charge in [-0.25, -0.2) is 4.99 Å². The molecule has 2 aromatic carbocycles. The summed E-state index contributed by atoms with van der Waals surface area (Å²) in [6.45, 7) is 0. The van der Waals surface area contributed by atoms with Crippen LogP contribution in [0.1, 0.15) is 17.0 Å². The summed E-state index contributed by atoms with van der Waals surface area (Å²) in [5.41, 5.74) is 10.4. The van der Waals surface area contributed by atoms with Crippen LogP contribution in [0.25, 0.3) is 10.9 Å². The quantitative estimate of drug-likeness (QED) is 0.616. The molecule has 1 unspecified atom stereocenters. The standard InChI is InChI=1S/C19H11Cl2N3O/c20-10-4-6-11-13(8-10)24-18(21)15-14(11)12-5-3-9-2-1-7-23-16(9)17(12)25-19(15)22/h1-8,14H,22H2. The minimum Gasteiger partial charge on any atom is -0.439 e. The molecule has 1 atom stereocenters. The Bertz CT molecular complexity index is 1120. The second kappa shape index (κ2) is 5.22. The van der Waals surface area contributed by atoms with Crippen molar-refractivity contribution < 1.29 is 4.74 Å². The van der Waals surface area contributed by atoms with Gasteiger partial charge in [0.25, 0.3) is 0 Å². The number of allylic oxidation sites excluding steroid dienone is 1. The minimum absolute atomic E-state index is 0.160. The Balaban J connectivity index is 1.85. The minimum atomic E-state index is -0.160. The van der Waals surface area contributed by atoms with Gasteiger partial charge in [0.2, 0.25) is 0 Å². The number of nitrogens with two attached hydrogens (primary N) is 1. The maximum Gasteiger partial charge on any atom is 0.198 e. The smallest absolute Gasteiger partial charge is 0.198 e. The zero-order chi connectivity index (χ0) is 17.1. The topological polar surface area (TPSA) is 60.5 Å². The summed E-state index contributed by atoms with van der Waals surface area (Å²) in [6.07, 6.45) is 1.74. The van der Waals surface area contributed by atoms with Crippen molar-refractivity contribution in [2.45, 2.75) is 5.92 Å². The van der Waals surface area contributed by atoms with Gasteiger partial charge in [-0.15, -0.1) is 0 Å². The fraction of sp³-hybridized carbons (Fsp3) is 0.0526. The number of hydrogen-bond donors (Lipinski definition) is 1. The first-order valence-electron chi connectivity index (χ1n) is 7.72. The van der Waals surface area contributed by atoms with Crippen LogP contribution in [0.2, 0.25) is 5.02 Å². The largest absolute Gasteiger partial charge is 0.439 e. The van der Waals surface area contributed by atoms with E-state index in [2.05, 4.69) is 9.98 Å². The van der Waals surface area contributed by atoms with Gasteiger partial charge < -0.3 is 10.5 Å². The van der Waals surface area contributed by atoms with Crippen LogP contribution in [0.15, 0.2) is 65.1 Å². The number of hydrogen-bond acceptors (Lipinski definition) is 4. The molecule has 6 heteroatoms. The van der Waals surface area contributed by atoms with Crippen molar-refractivity contribution in [2.75, 3.05) is 0 Å². The third-order valence-electron chi connectivity index (χ3n) is 4.58. The third-order valence-corrected chi connectivity index (χ3v) is 5.10. The summed E-state index contributed by atoms with van der Waals surface area (Å²) >= 11 is 12.5. The van der Waals surface area contributed by atoms with E-state index in [1.807, 2.05) is 36.4 Å². The van der Waals surface area contributed by atoms with Gasteiger partial charge in [-0.2, -0.15) is 0 Å². The van der Waals surface area contributed by atoms with Gasteiger partial charge in [0.05, 0.1) is 11.3 Å². The van der Waals surface area contributed by atoms with Crippen LogP contribution in [-0.2, 0) is 0 Å². The maximum atomic E-state index is 6.42. The number of rotatable bonds is 0. The fourth-order valence-electron chi connectivity index (χ4n) is 3.50. The molecule has 2 aliphatic rings. The highest BCUT2D eigenvalue weighted by Gasteiger charge is 2.37. The van der Waals surface area contributed by atoms with Gasteiger partial charge >= 0.3 is 0 Å².